The number of esters is 1. The lowest BCUT2D eigenvalue weighted by atomic mass is 10.2. The van der Waals surface area contributed by atoms with Crippen molar-refractivity contribution >= 4 is 35.1 Å². The summed E-state index contributed by atoms with van der Waals surface area (Å²) in [6, 6.07) is 11.5. The van der Waals surface area contributed by atoms with Crippen molar-refractivity contribution in [2.24, 2.45) is 0 Å². The van der Waals surface area contributed by atoms with Gasteiger partial charge in [-0.05, 0) is 49.7 Å². The molecule has 0 aliphatic rings. The van der Waals surface area contributed by atoms with Crippen molar-refractivity contribution in [1.29, 1.82) is 0 Å². The van der Waals surface area contributed by atoms with Crippen molar-refractivity contribution in [2.45, 2.75) is 13.8 Å². The minimum absolute atomic E-state index is 0.118. The molecule has 154 valence electrons. The Morgan fingerprint density at radius 3 is 2.59 bits per heavy atom. The summed E-state index contributed by atoms with van der Waals surface area (Å²) in [4.78, 5) is 37.7. The van der Waals surface area contributed by atoms with Gasteiger partial charge in [0.25, 0.3) is 5.91 Å². The molecule has 2 rings (SSSR count). The van der Waals surface area contributed by atoms with Crippen LogP contribution in [0.5, 0.6) is 5.75 Å². The number of methoxy groups -OCH3 is 1. The lowest BCUT2D eigenvalue weighted by Crippen LogP contribution is -2.40. The van der Waals surface area contributed by atoms with E-state index in [1.165, 1.54) is 18.1 Å². The van der Waals surface area contributed by atoms with E-state index in [0.29, 0.717) is 28.6 Å². The van der Waals surface area contributed by atoms with E-state index in [1.807, 2.05) is 6.92 Å². The van der Waals surface area contributed by atoms with Gasteiger partial charge in [0.15, 0.2) is 6.61 Å². The van der Waals surface area contributed by atoms with E-state index < -0.39 is 5.97 Å². The number of benzene rings is 2. The number of halogens is 1. The number of nitrogens with zero attached hydrogens (tertiary/aromatic N) is 1. The van der Waals surface area contributed by atoms with Crippen LogP contribution < -0.4 is 10.1 Å². The quantitative estimate of drug-likeness (QED) is 0.665. The highest BCUT2D eigenvalue weighted by molar-refractivity contribution is 6.31. The van der Waals surface area contributed by atoms with E-state index in [1.54, 1.807) is 43.3 Å². The average molecular weight is 419 g/mol. The van der Waals surface area contributed by atoms with Crippen molar-refractivity contribution in [3.8, 4) is 5.75 Å². The Labute approximate surface area is 174 Å². The van der Waals surface area contributed by atoms with Crippen LogP contribution >= 0.6 is 11.6 Å². The van der Waals surface area contributed by atoms with E-state index in [9.17, 15) is 14.4 Å². The van der Waals surface area contributed by atoms with Gasteiger partial charge < -0.3 is 19.7 Å². The normalized spacial score (nSPS) is 10.2. The maximum absolute atomic E-state index is 12.4. The summed E-state index contributed by atoms with van der Waals surface area (Å²) in [6.07, 6.45) is 0. The highest BCUT2D eigenvalue weighted by Crippen LogP contribution is 2.20. The van der Waals surface area contributed by atoms with Crippen LogP contribution in [0.2, 0.25) is 5.02 Å². The van der Waals surface area contributed by atoms with Crippen LogP contribution in [0.15, 0.2) is 42.5 Å². The molecule has 0 heterocycles. The molecule has 0 aromatic heterocycles. The Morgan fingerprint density at radius 1 is 1.14 bits per heavy atom. The van der Waals surface area contributed by atoms with E-state index >= 15 is 0 Å². The summed E-state index contributed by atoms with van der Waals surface area (Å²) in [5.74, 6) is -0.826. The third-order valence-corrected chi connectivity index (χ3v) is 4.40. The third kappa shape index (κ3) is 6.50. The molecule has 7 nitrogen and oxygen atoms in total. The fourth-order valence-electron chi connectivity index (χ4n) is 2.54. The summed E-state index contributed by atoms with van der Waals surface area (Å²) in [5, 5.41) is 3.27. The molecule has 0 saturated heterocycles. The molecule has 2 aromatic carbocycles. The Bertz CT molecular complexity index is 900. The molecule has 2 aromatic rings. The molecule has 0 aliphatic heterocycles. The summed E-state index contributed by atoms with van der Waals surface area (Å²) >= 11 is 5.96. The van der Waals surface area contributed by atoms with Crippen LogP contribution in [0.3, 0.4) is 0 Å². The van der Waals surface area contributed by atoms with Crippen LogP contribution in [0, 0.1) is 6.92 Å². The molecule has 0 spiro atoms. The predicted octanol–water partition coefficient (Wildman–Crippen LogP) is 3.30. The number of hydrogen-bond acceptors (Lipinski definition) is 5. The average Bonchev–Trinajstić information content (AvgIpc) is 2.72. The molecule has 2 amide bonds. The zero-order valence-electron chi connectivity index (χ0n) is 16.5. The minimum atomic E-state index is -0.495. The molecular weight excluding hydrogens is 396 g/mol. The van der Waals surface area contributed by atoms with Gasteiger partial charge in [-0.25, -0.2) is 4.79 Å². The first-order valence-corrected chi connectivity index (χ1v) is 9.36. The lowest BCUT2D eigenvalue weighted by molar-refractivity contribution is -0.136. The Hall–Kier alpha value is -3.06. The van der Waals surface area contributed by atoms with Gasteiger partial charge in [0.05, 0.1) is 19.2 Å². The number of hydrogen-bond donors (Lipinski definition) is 1. The maximum Gasteiger partial charge on any atom is 0.337 e. The van der Waals surface area contributed by atoms with Crippen LogP contribution in [0.4, 0.5) is 5.69 Å². The van der Waals surface area contributed by atoms with E-state index in [4.69, 9.17) is 16.3 Å². The number of rotatable bonds is 8. The van der Waals surface area contributed by atoms with Gasteiger partial charge in [0.1, 0.15) is 5.75 Å². The first-order valence-electron chi connectivity index (χ1n) is 8.99. The number of carbonyl (C=O) groups excluding carboxylic acids is 3. The summed E-state index contributed by atoms with van der Waals surface area (Å²) < 4.78 is 10.1. The number of amides is 2. The van der Waals surface area contributed by atoms with Crippen molar-refractivity contribution in [2.75, 3.05) is 32.1 Å². The van der Waals surface area contributed by atoms with Gasteiger partial charge in [0.2, 0.25) is 5.91 Å². The minimum Gasteiger partial charge on any atom is -0.484 e. The third-order valence-electron chi connectivity index (χ3n) is 4.16. The van der Waals surface area contributed by atoms with Crippen molar-refractivity contribution in [3.63, 3.8) is 0 Å². The molecule has 0 atom stereocenters. The maximum atomic E-state index is 12.4. The zero-order chi connectivity index (χ0) is 21.4. The van der Waals surface area contributed by atoms with E-state index in [2.05, 4.69) is 10.1 Å². The molecule has 0 bridgehead atoms. The van der Waals surface area contributed by atoms with Crippen molar-refractivity contribution < 1.29 is 23.9 Å². The molecule has 0 aliphatic carbocycles. The number of aryl methyl sites for hydroxylation is 1. The second-order valence-electron chi connectivity index (χ2n) is 6.22. The summed E-state index contributed by atoms with van der Waals surface area (Å²) in [6.45, 7) is 3.58. The second-order valence-corrected chi connectivity index (χ2v) is 6.66. The molecular formula is C21H23ClN2O5. The molecule has 0 radical (unpaired) electrons. The molecule has 29 heavy (non-hydrogen) atoms. The molecule has 0 fully saturated rings. The van der Waals surface area contributed by atoms with Crippen LogP contribution in [-0.2, 0) is 14.3 Å². The summed E-state index contributed by atoms with van der Waals surface area (Å²) in [7, 11) is 1.29. The van der Waals surface area contributed by atoms with Gasteiger partial charge in [-0.3, -0.25) is 9.59 Å². The van der Waals surface area contributed by atoms with Crippen LogP contribution in [0.25, 0.3) is 0 Å². The van der Waals surface area contributed by atoms with Gasteiger partial charge >= 0.3 is 5.97 Å². The lowest BCUT2D eigenvalue weighted by Gasteiger charge is -2.21. The number of ether oxygens (including phenoxy) is 2. The second kappa shape index (κ2) is 10.5. The van der Waals surface area contributed by atoms with Crippen LogP contribution in [-0.4, -0.2) is 49.5 Å². The predicted molar refractivity (Wildman–Crippen MR) is 110 cm³/mol. The smallest absolute Gasteiger partial charge is 0.337 e. The number of carbonyl (C=O) groups is 3. The Morgan fingerprint density at radius 2 is 1.90 bits per heavy atom. The van der Waals surface area contributed by atoms with E-state index in [0.717, 1.165) is 5.56 Å². The highest BCUT2D eigenvalue weighted by atomic mass is 35.5. The standard InChI is InChI=1S/C21H23ClN2O5/c1-4-24(12-19(25)23-18-11-16(22)9-8-14(18)2)20(26)13-29-17-7-5-6-15(10-17)21(27)28-3/h5-11H,4,12-13H2,1-3H3,(H,23,25). The van der Waals surface area contributed by atoms with Gasteiger partial charge in [-0.1, -0.05) is 23.7 Å². The van der Waals surface area contributed by atoms with Crippen LogP contribution in [0.1, 0.15) is 22.8 Å². The highest BCUT2D eigenvalue weighted by Gasteiger charge is 2.17. The zero-order valence-corrected chi connectivity index (χ0v) is 17.3. The van der Waals surface area contributed by atoms with Crippen molar-refractivity contribution in [1.82, 2.24) is 4.90 Å². The SMILES string of the molecule is CCN(CC(=O)Nc1cc(Cl)ccc1C)C(=O)COc1cccc(C(=O)OC)c1. The number of nitrogens with one attached hydrogen (secondary N) is 1. The monoisotopic (exact) mass is 418 g/mol. The van der Waals surface area contributed by atoms with Crippen molar-refractivity contribution in [3.05, 3.63) is 58.6 Å². The molecule has 1 N–H and O–H groups in total. The largest absolute Gasteiger partial charge is 0.484 e. The number of likely N-dealkylation sites (N-methyl/N-ethyl adjacent to an activating group) is 1. The summed E-state index contributed by atoms with van der Waals surface area (Å²) in [5.41, 5.74) is 1.79. The fourth-order valence-corrected chi connectivity index (χ4v) is 2.71. The van der Waals surface area contributed by atoms with Gasteiger partial charge in [0, 0.05) is 17.3 Å². The Kier molecular flexibility index (Phi) is 8.03. The van der Waals surface area contributed by atoms with Gasteiger partial charge in [-0.15, -0.1) is 0 Å². The fraction of sp³-hybridized carbons (Fsp3) is 0.286. The molecule has 0 saturated carbocycles. The van der Waals surface area contributed by atoms with E-state index in [-0.39, 0.29) is 25.0 Å². The number of anilines is 1. The topological polar surface area (TPSA) is 84.9 Å². The molecule has 0 unspecified atom stereocenters. The first-order chi connectivity index (χ1) is 13.8. The molecule has 8 heteroatoms. The van der Waals surface area contributed by atoms with Gasteiger partial charge in [-0.2, -0.15) is 0 Å². The Balaban J connectivity index is 1.94. The first kappa shape index (κ1) is 22.2.